The normalized spacial score (nSPS) is 10.5. The summed E-state index contributed by atoms with van der Waals surface area (Å²) < 4.78 is 6.94. The number of benzene rings is 3. The Hall–Kier alpha value is -1.85. The van der Waals surface area contributed by atoms with Crippen LogP contribution in [0.25, 0.3) is 10.8 Å². The quantitative estimate of drug-likeness (QED) is 0.554. The highest BCUT2D eigenvalue weighted by Gasteiger charge is 2.10. The summed E-state index contributed by atoms with van der Waals surface area (Å²) in [5.74, 6) is 0.459. The van der Waals surface area contributed by atoms with Gasteiger partial charge in [-0.2, -0.15) is 0 Å². The SMILES string of the molecule is O=C(Nc1cccc2ccccc12)Oc1ccc(Br)cc1Br. The van der Waals surface area contributed by atoms with Crippen LogP contribution in [0.15, 0.2) is 69.6 Å². The van der Waals surface area contributed by atoms with E-state index in [0.717, 1.165) is 20.9 Å². The molecule has 0 saturated carbocycles. The lowest BCUT2D eigenvalue weighted by Gasteiger charge is -2.10. The van der Waals surface area contributed by atoms with E-state index in [-0.39, 0.29) is 0 Å². The number of hydrogen-bond acceptors (Lipinski definition) is 2. The molecule has 0 atom stereocenters. The fourth-order valence-corrected chi connectivity index (χ4v) is 3.26. The van der Waals surface area contributed by atoms with E-state index in [0.29, 0.717) is 10.2 Å². The van der Waals surface area contributed by atoms with Gasteiger partial charge in [0, 0.05) is 9.86 Å². The average Bonchev–Trinajstić information content (AvgIpc) is 2.50. The van der Waals surface area contributed by atoms with E-state index in [4.69, 9.17) is 4.74 Å². The fraction of sp³-hybridized carbons (Fsp3) is 0. The van der Waals surface area contributed by atoms with Gasteiger partial charge in [0.15, 0.2) is 0 Å². The van der Waals surface area contributed by atoms with Gasteiger partial charge < -0.3 is 4.74 Å². The van der Waals surface area contributed by atoms with Crippen LogP contribution in [0.1, 0.15) is 0 Å². The van der Waals surface area contributed by atoms with Crippen molar-refractivity contribution in [1.29, 1.82) is 0 Å². The molecule has 0 aliphatic rings. The zero-order chi connectivity index (χ0) is 15.5. The Morgan fingerprint density at radius 2 is 1.73 bits per heavy atom. The molecule has 3 rings (SSSR count). The lowest BCUT2D eigenvalue weighted by atomic mass is 10.1. The second-order valence-electron chi connectivity index (χ2n) is 4.62. The maximum Gasteiger partial charge on any atom is 0.417 e. The van der Waals surface area contributed by atoms with Crippen LogP contribution in [-0.4, -0.2) is 6.09 Å². The highest BCUT2D eigenvalue weighted by molar-refractivity contribution is 9.11. The van der Waals surface area contributed by atoms with Gasteiger partial charge >= 0.3 is 6.09 Å². The molecule has 22 heavy (non-hydrogen) atoms. The smallest absolute Gasteiger partial charge is 0.409 e. The molecule has 0 bridgehead atoms. The third-order valence-electron chi connectivity index (χ3n) is 3.12. The molecule has 3 aromatic carbocycles. The summed E-state index contributed by atoms with van der Waals surface area (Å²) in [6.07, 6.45) is -0.528. The monoisotopic (exact) mass is 419 g/mol. The fourth-order valence-electron chi connectivity index (χ4n) is 2.13. The molecule has 0 saturated heterocycles. The summed E-state index contributed by atoms with van der Waals surface area (Å²) in [4.78, 5) is 12.1. The van der Waals surface area contributed by atoms with Crippen molar-refractivity contribution in [3.63, 3.8) is 0 Å². The molecular formula is C17H11Br2NO2. The molecule has 0 heterocycles. The number of rotatable bonds is 2. The number of hydrogen-bond donors (Lipinski definition) is 1. The topological polar surface area (TPSA) is 38.3 Å². The number of carbonyl (C=O) groups is 1. The van der Waals surface area contributed by atoms with E-state index in [9.17, 15) is 4.79 Å². The van der Waals surface area contributed by atoms with Crippen LogP contribution in [0.2, 0.25) is 0 Å². The first-order chi connectivity index (χ1) is 10.6. The van der Waals surface area contributed by atoms with Crippen molar-refractivity contribution >= 4 is 54.4 Å². The van der Waals surface area contributed by atoms with Gasteiger partial charge in [-0.3, -0.25) is 5.32 Å². The van der Waals surface area contributed by atoms with Crippen LogP contribution < -0.4 is 10.1 Å². The van der Waals surface area contributed by atoms with Crippen LogP contribution in [0, 0.1) is 0 Å². The Labute approximate surface area is 144 Å². The third-order valence-corrected chi connectivity index (χ3v) is 4.24. The zero-order valence-corrected chi connectivity index (χ0v) is 14.5. The molecule has 5 heteroatoms. The van der Waals surface area contributed by atoms with Crippen molar-refractivity contribution in [1.82, 2.24) is 0 Å². The highest BCUT2D eigenvalue weighted by Crippen LogP contribution is 2.29. The van der Waals surface area contributed by atoms with Gasteiger partial charge in [-0.1, -0.05) is 52.3 Å². The number of fused-ring (bicyclic) bond motifs is 1. The number of anilines is 1. The first kappa shape index (κ1) is 15.1. The number of ether oxygens (including phenoxy) is 1. The molecular weight excluding hydrogens is 410 g/mol. The first-order valence-electron chi connectivity index (χ1n) is 6.55. The summed E-state index contributed by atoms with van der Waals surface area (Å²) in [6.45, 7) is 0. The zero-order valence-electron chi connectivity index (χ0n) is 11.3. The Morgan fingerprint density at radius 1 is 0.955 bits per heavy atom. The van der Waals surface area contributed by atoms with Crippen molar-refractivity contribution in [2.75, 3.05) is 5.32 Å². The van der Waals surface area contributed by atoms with E-state index in [1.165, 1.54) is 0 Å². The predicted molar refractivity (Wildman–Crippen MR) is 95.4 cm³/mol. The molecule has 0 unspecified atom stereocenters. The summed E-state index contributed by atoms with van der Waals surface area (Å²) in [6, 6.07) is 18.9. The largest absolute Gasteiger partial charge is 0.417 e. The van der Waals surface area contributed by atoms with Crippen LogP contribution in [0.3, 0.4) is 0 Å². The van der Waals surface area contributed by atoms with Gasteiger partial charge in [0.1, 0.15) is 5.75 Å². The van der Waals surface area contributed by atoms with Crippen LogP contribution in [0.5, 0.6) is 5.75 Å². The molecule has 0 fully saturated rings. The second kappa shape index (κ2) is 6.50. The van der Waals surface area contributed by atoms with Gasteiger partial charge in [-0.05, 0) is 45.6 Å². The minimum absolute atomic E-state index is 0.459. The Kier molecular flexibility index (Phi) is 4.45. The number of carbonyl (C=O) groups excluding carboxylic acids is 1. The van der Waals surface area contributed by atoms with Crippen molar-refractivity contribution < 1.29 is 9.53 Å². The molecule has 1 N–H and O–H groups in total. The number of nitrogens with one attached hydrogen (secondary N) is 1. The van der Waals surface area contributed by atoms with E-state index >= 15 is 0 Å². The van der Waals surface area contributed by atoms with Gasteiger partial charge in [-0.15, -0.1) is 0 Å². The van der Waals surface area contributed by atoms with E-state index in [2.05, 4.69) is 37.2 Å². The minimum Gasteiger partial charge on any atom is -0.409 e. The van der Waals surface area contributed by atoms with E-state index in [1.807, 2.05) is 54.6 Å². The minimum atomic E-state index is -0.528. The maximum absolute atomic E-state index is 12.1. The first-order valence-corrected chi connectivity index (χ1v) is 8.14. The standard InChI is InChI=1S/C17H11Br2NO2/c18-12-8-9-16(14(19)10-12)22-17(21)20-15-7-3-5-11-4-1-2-6-13(11)15/h1-10H,(H,20,21). The van der Waals surface area contributed by atoms with E-state index in [1.54, 1.807) is 6.07 Å². The van der Waals surface area contributed by atoms with Crippen LogP contribution >= 0.6 is 31.9 Å². The Morgan fingerprint density at radius 3 is 2.55 bits per heavy atom. The molecule has 0 aliphatic heterocycles. The summed E-state index contributed by atoms with van der Waals surface area (Å²) in [7, 11) is 0. The van der Waals surface area contributed by atoms with Gasteiger partial charge in [0.05, 0.1) is 10.2 Å². The van der Waals surface area contributed by atoms with E-state index < -0.39 is 6.09 Å². The number of halogens is 2. The predicted octanol–water partition coefficient (Wildman–Crippen LogP) is 5.98. The van der Waals surface area contributed by atoms with Gasteiger partial charge in [0.2, 0.25) is 0 Å². The molecule has 0 aromatic heterocycles. The van der Waals surface area contributed by atoms with Crippen molar-refractivity contribution in [2.24, 2.45) is 0 Å². The van der Waals surface area contributed by atoms with Crippen molar-refractivity contribution in [3.05, 3.63) is 69.6 Å². The highest BCUT2D eigenvalue weighted by atomic mass is 79.9. The summed E-state index contributed by atoms with van der Waals surface area (Å²) in [5, 5.41) is 4.81. The maximum atomic E-state index is 12.1. The molecule has 3 nitrogen and oxygen atoms in total. The van der Waals surface area contributed by atoms with Gasteiger partial charge in [-0.25, -0.2) is 4.79 Å². The molecule has 1 amide bonds. The van der Waals surface area contributed by atoms with Gasteiger partial charge in [0.25, 0.3) is 0 Å². The third kappa shape index (κ3) is 3.31. The second-order valence-corrected chi connectivity index (χ2v) is 6.39. The summed E-state index contributed by atoms with van der Waals surface area (Å²) >= 11 is 6.72. The lowest BCUT2D eigenvalue weighted by molar-refractivity contribution is 0.215. The molecule has 3 aromatic rings. The Balaban J connectivity index is 1.81. The lowest BCUT2D eigenvalue weighted by Crippen LogP contribution is -2.17. The van der Waals surface area contributed by atoms with Crippen LogP contribution in [0.4, 0.5) is 10.5 Å². The Bertz CT molecular complexity index is 844. The number of amides is 1. The van der Waals surface area contributed by atoms with Crippen LogP contribution in [-0.2, 0) is 0 Å². The average molecular weight is 421 g/mol. The summed E-state index contributed by atoms with van der Waals surface area (Å²) in [5.41, 5.74) is 0.719. The molecule has 0 radical (unpaired) electrons. The molecule has 0 aliphatic carbocycles. The van der Waals surface area contributed by atoms with Crippen molar-refractivity contribution in [3.8, 4) is 5.75 Å². The van der Waals surface area contributed by atoms with Crippen molar-refractivity contribution in [2.45, 2.75) is 0 Å². The molecule has 0 spiro atoms. The molecule has 110 valence electrons.